The van der Waals surface area contributed by atoms with Crippen molar-refractivity contribution in [1.29, 1.82) is 5.26 Å². The second-order valence-corrected chi connectivity index (χ2v) is 6.89. The molecule has 0 fully saturated rings. The lowest BCUT2D eigenvalue weighted by Crippen LogP contribution is -2.42. The van der Waals surface area contributed by atoms with E-state index in [1.807, 2.05) is 41.3 Å². The van der Waals surface area contributed by atoms with E-state index in [0.717, 1.165) is 20.5 Å². The maximum Gasteiger partial charge on any atom is 0.299 e. The number of anilines is 1. The second-order valence-electron chi connectivity index (χ2n) is 5.88. The average Bonchev–Trinajstić information content (AvgIpc) is 3.10. The van der Waals surface area contributed by atoms with Gasteiger partial charge in [0.05, 0.1) is 34.3 Å². The number of rotatable bonds is 4. The van der Waals surface area contributed by atoms with Crippen molar-refractivity contribution in [2.24, 2.45) is 4.99 Å². The Kier molecular flexibility index (Phi) is 4.68. The number of aliphatic imine (C=N–C) groups is 1. The third-order valence-electron chi connectivity index (χ3n) is 4.02. The summed E-state index contributed by atoms with van der Waals surface area (Å²) >= 11 is 1.52. The average molecular weight is 377 g/mol. The Morgan fingerprint density at radius 1 is 1.30 bits per heavy atom. The molecule has 0 N–H and O–H groups in total. The van der Waals surface area contributed by atoms with Gasteiger partial charge in [-0.15, -0.1) is 0 Å². The van der Waals surface area contributed by atoms with E-state index in [-0.39, 0.29) is 19.1 Å². The summed E-state index contributed by atoms with van der Waals surface area (Å²) in [4.78, 5) is 10.8. The first-order valence-corrected chi connectivity index (χ1v) is 9.13. The summed E-state index contributed by atoms with van der Waals surface area (Å²) in [5, 5.41) is 21.3. The molecule has 27 heavy (non-hydrogen) atoms. The van der Waals surface area contributed by atoms with Crippen LogP contribution in [-0.2, 0) is 11.3 Å². The zero-order chi connectivity index (χ0) is 18.6. The standard InChI is InChI=1S/C19H15N5O2S/c20-9-7-15-8-10-21-18(26-13-14-4-3-11-23(25)12-14)24(15)19-22-16-5-1-2-6-17(16)27-19/h1-6,8,10-12,15H,7,13H2. The largest absolute Gasteiger partial charge is 0.619 e. The first kappa shape index (κ1) is 17.0. The van der Waals surface area contributed by atoms with Gasteiger partial charge in [-0.2, -0.15) is 9.99 Å². The molecule has 0 saturated carbocycles. The van der Waals surface area contributed by atoms with Crippen LogP contribution in [0, 0.1) is 16.5 Å². The number of ether oxygens (including phenoxy) is 1. The van der Waals surface area contributed by atoms with Gasteiger partial charge in [0.25, 0.3) is 6.02 Å². The van der Waals surface area contributed by atoms with Crippen LogP contribution < -0.4 is 9.63 Å². The predicted octanol–water partition coefficient (Wildman–Crippen LogP) is 3.12. The summed E-state index contributed by atoms with van der Waals surface area (Å²) in [5.41, 5.74) is 1.61. The summed E-state index contributed by atoms with van der Waals surface area (Å²) in [6, 6.07) is 13.7. The van der Waals surface area contributed by atoms with Crippen LogP contribution in [0.25, 0.3) is 10.2 Å². The molecule has 3 aromatic rings. The van der Waals surface area contributed by atoms with E-state index in [0.29, 0.717) is 11.2 Å². The first-order valence-electron chi connectivity index (χ1n) is 8.31. The Hall–Kier alpha value is -3.44. The summed E-state index contributed by atoms with van der Waals surface area (Å²) < 4.78 is 7.67. The summed E-state index contributed by atoms with van der Waals surface area (Å²) in [6.45, 7) is 0.191. The number of hydrogen-bond donors (Lipinski definition) is 0. The number of pyridine rings is 1. The molecular formula is C19H15N5O2S. The van der Waals surface area contributed by atoms with Crippen LogP contribution in [0.4, 0.5) is 5.13 Å². The van der Waals surface area contributed by atoms with Crippen molar-refractivity contribution in [1.82, 2.24) is 4.98 Å². The number of amidine groups is 1. The molecule has 0 bridgehead atoms. The highest BCUT2D eigenvalue weighted by Gasteiger charge is 2.28. The van der Waals surface area contributed by atoms with E-state index in [1.165, 1.54) is 23.7 Å². The van der Waals surface area contributed by atoms with E-state index in [2.05, 4.69) is 16.0 Å². The number of nitrogens with zero attached hydrogens (tertiary/aromatic N) is 5. The monoisotopic (exact) mass is 377 g/mol. The van der Waals surface area contributed by atoms with Crippen molar-refractivity contribution >= 4 is 32.7 Å². The molecule has 1 aromatic carbocycles. The minimum atomic E-state index is -0.219. The number of hydrogen-bond acceptors (Lipinski definition) is 7. The third-order valence-corrected chi connectivity index (χ3v) is 5.06. The number of para-hydroxylation sites is 1. The first-order chi connectivity index (χ1) is 13.2. The van der Waals surface area contributed by atoms with Gasteiger partial charge in [-0.1, -0.05) is 23.5 Å². The van der Waals surface area contributed by atoms with Crippen molar-refractivity contribution in [2.75, 3.05) is 4.90 Å². The van der Waals surface area contributed by atoms with Crippen LogP contribution >= 0.6 is 11.3 Å². The molecule has 0 spiro atoms. The zero-order valence-corrected chi connectivity index (χ0v) is 15.0. The van der Waals surface area contributed by atoms with E-state index in [9.17, 15) is 10.5 Å². The van der Waals surface area contributed by atoms with E-state index in [4.69, 9.17) is 4.74 Å². The highest BCUT2D eigenvalue weighted by Crippen LogP contribution is 2.32. The van der Waals surface area contributed by atoms with Crippen LogP contribution in [-0.4, -0.2) is 17.0 Å². The number of fused-ring (bicyclic) bond motifs is 1. The van der Waals surface area contributed by atoms with E-state index in [1.54, 1.807) is 12.3 Å². The summed E-state index contributed by atoms with van der Waals surface area (Å²) in [7, 11) is 0. The van der Waals surface area contributed by atoms with Crippen LogP contribution in [0.15, 0.2) is 66.1 Å². The lowest BCUT2D eigenvalue weighted by atomic mass is 10.2. The van der Waals surface area contributed by atoms with Crippen LogP contribution in [0.3, 0.4) is 0 Å². The number of thiazole rings is 1. The van der Waals surface area contributed by atoms with Gasteiger partial charge in [-0.05, 0) is 24.3 Å². The van der Waals surface area contributed by atoms with Crippen LogP contribution in [0.2, 0.25) is 0 Å². The fourth-order valence-electron chi connectivity index (χ4n) is 2.78. The molecule has 0 amide bonds. The number of aromatic nitrogens is 2. The van der Waals surface area contributed by atoms with Crippen molar-refractivity contribution < 1.29 is 9.47 Å². The number of nitriles is 1. The maximum absolute atomic E-state index is 11.4. The minimum absolute atomic E-state index is 0.191. The van der Waals surface area contributed by atoms with Gasteiger partial charge in [-0.3, -0.25) is 4.90 Å². The Morgan fingerprint density at radius 3 is 3.00 bits per heavy atom. The molecule has 0 aliphatic carbocycles. The molecule has 8 heteroatoms. The highest BCUT2D eigenvalue weighted by molar-refractivity contribution is 7.22. The molecule has 3 heterocycles. The molecule has 7 nitrogen and oxygen atoms in total. The summed E-state index contributed by atoms with van der Waals surface area (Å²) in [6.07, 6.45) is 6.64. The van der Waals surface area contributed by atoms with Crippen molar-refractivity contribution in [3.63, 3.8) is 0 Å². The van der Waals surface area contributed by atoms with Gasteiger partial charge in [0, 0.05) is 12.3 Å². The molecule has 1 unspecified atom stereocenters. The van der Waals surface area contributed by atoms with Gasteiger partial charge in [0.2, 0.25) is 0 Å². The molecule has 0 radical (unpaired) electrons. The van der Waals surface area contributed by atoms with Crippen LogP contribution in [0.5, 0.6) is 0 Å². The quantitative estimate of drug-likeness (QED) is 0.515. The molecule has 1 atom stereocenters. The van der Waals surface area contributed by atoms with Crippen LogP contribution in [0.1, 0.15) is 12.0 Å². The Morgan fingerprint density at radius 2 is 2.19 bits per heavy atom. The lowest BCUT2D eigenvalue weighted by Gasteiger charge is -2.30. The van der Waals surface area contributed by atoms with E-state index < -0.39 is 0 Å². The molecule has 134 valence electrons. The van der Waals surface area contributed by atoms with Gasteiger partial charge in [-0.25, -0.2) is 9.98 Å². The molecule has 1 aliphatic rings. The molecule has 4 rings (SSSR count). The summed E-state index contributed by atoms with van der Waals surface area (Å²) in [5.74, 6) is 0. The van der Waals surface area contributed by atoms with Gasteiger partial charge < -0.3 is 9.94 Å². The normalized spacial score (nSPS) is 16.2. The molecule has 1 aliphatic heterocycles. The Bertz CT molecular complexity index is 1040. The Balaban J connectivity index is 1.64. The molecule has 2 aromatic heterocycles. The minimum Gasteiger partial charge on any atom is -0.619 e. The fourth-order valence-corrected chi connectivity index (χ4v) is 3.79. The maximum atomic E-state index is 11.4. The highest BCUT2D eigenvalue weighted by atomic mass is 32.1. The Labute approximate surface area is 159 Å². The van der Waals surface area contributed by atoms with Crippen molar-refractivity contribution in [3.8, 4) is 6.07 Å². The lowest BCUT2D eigenvalue weighted by molar-refractivity contribution is -0.606. The molecular weight excluding hydrogens is 362 g/mol. The van der Waals surface area contributed by atoms with Gasteiger partial charge in [0.15, 0.2) is 17.5 Å². The number of benzene rings is 1. The molecule has 0 saturated heterocycles. The van der Waals surface area contributed by atoms with E-state index >= 15 is 0 Å². The van der Waals surface area contributed by atoms with Crippen molar-refractivity contribution in [3.05, 3.63) is 71.8 Å². The predicted molar refractivity (Wildman–Crippen MR) is 103 cm³/mol. The zero-order valence-electron chi connectivity index (χ0n) is 14.2. The van der Waals surface area contributed by atoms with Gasteiger partial charge in [0.1, 0.15) is 6.61 Å². The SMILES string of the molecule is N#CCC1C=CN=C(OCc2ccc[n+]([O-])c2)N1c1nc2ccccc2s1. The van der Waals surface area contributed by atoms with Gasteiger partial charge >= 0.3 is 0 Å². The van der Waals surface area contributed by atoms with Crippen molar-refractivity contribution in [2.45, 2.75) is 19.1 Å². The topological polar surface area (TPSA) is 88.4 Å². The second kappa shape index (κ2) is 7.43. The third kappa shape index (κ3) is 3.59. The smallest absolute Gasteiger partial charge is 0.299 e. The fraction of sp³-hybridized carbons (Fsp3) is 0.158.